The van der Waals surface area contributed by atoms with Gasteiger partial charge in [-0.2, -0.15) is 0 Å². The molecule has 1 amide bonds. The minimum absolute atomic E-state index is 0.0302. The van der Waals surface area contributed by atoms with Crippen LogP contribution in [0.25, 0.3) is 0 Å². The maximum Gasteiger partial charge on any atom is 0.257 e. The third-order valence-electron chi connectivity index (χ3n) is 5.77. The van der Waals surface area contributed by atoms with Crippen LogP contribution in [0, 0.1) is 12.7 Å². The Bertz CT molecular complexity index is 990. The number of ether oxygens (including phenoxy) is 1. The lowest BCUT2D eigenvalue weighted by Gasteiger charge is -2.26. The predicted molar refractivity (Wildman–Crippen MR) is 128 cm³/mol. The van der Waals surface area contributed by atoms with Gasteiger partial charge in [0, 0.05) is 50.9 Å². The molecule has 9 heteroatoms. The number of amides is 1. The fourth-order valence-corrected chi connectivity index (χ4v) is 4.98. The summed E-state index contributed by atoms with van der Waals surface area (Å²) in [6.07, 6.45) is 1.93. The molecule has 1 fully saturated rings. The second kappa shape index (κ2) is 12.3. The molecule has 1 N–H and O–H groups in total. The Morgan fingerprint density at radius 1 is 1.27 bits per heavy atom. The van der Waals surface area contributed by atoms with Crippen molar-refractivity contribution in [1.82, 2.24) is 19.8 Å². The largest absolute Gasteiger partial charge is 0.379 e. The van der Waals surface area contributed by atoms with Gasteiger partial charge in [-0.15, -0.1) is 0 Å². The second-order valence-corrected chi connectivity index (χ2v) is 9.44. The Morgan fingerprint density at radius 3 is 2.64 bits per heavy atom. The summed E-state index contributed by atoms with van der Waals surface area (Å²) in [5, 5.41) is 3.25. The van der Waals surface area contributed by atoms with Crippen molar-refractivity contribution in [3.8, 4) is 0 Å². The molecule has 1 aliphatic heterocycles. The van der Waals surface area contributed by atoms with Gasteiger partial charge in [0.15, 0.2) is 5.16 Å². The Kier molecular flexibility index (Phi) is 9.46. The molecule has 0 saturated carbocycles. The summed E-state index contributed by atoms with van der Waals surface area (Å²) in [5.74, 6) is -0.337. The van der Waals surface area contributed by atoms with E-state index in [-0.39, 0.29) is 22.5 Å². The van der Waals surface area contributed by atoms with Crippen LogP contribution >= 0.6 is 11.8 Å². The van der Waals surface area contributed by atoms with Crippen LogP contribution in [0.1, 0.15) is 36.6 Å². The highest BCUT2D eigenvalue weighted by atomic mass is 32.2. The Hall–Kier alpha value is -2.23. The van der Waals surface area contributed by atoms with E-state index in [0.717, 1.165) is 44.8 Å². The average Bonchev–Trinajstić information content (AvgIpc) is 2.81. The quantitative estimate of drug-likeness (QED) is 0.420. The molecule has 0 radical (unpaired) electrons. The van der Waals surface area contributed by atoms with Crippen LogP contribution in [-0.2, 0) is 23.0 Å². The number of benzene rings is 1. The maximum atomic E-state index is 13.2. The standard InChI is InChI=1S/C24H33FN4O3S/c1-4-5-21(22(30)26-10-11-29-12-14-32-15-13-29)33-24-27-17(2)20(23(31)28(24)3)16-18-6-8-19(25)9-7-18/h6-9,21H,4-5,10-16H2,1-3H3,(H,26,30). The smallest absolute Gasteiger partial charge is 0.257 e. The lowest BCUT2D eigenvalue weighted by Crippen LogP contribution is -2.43. The van der Waals surface area contributed by atoms with Crippen molar-refractivity contribution in [2.75, 3.05) is 39.4 Å². The molecule has 1 aromatic heterocycles. The number of carbonyl (C=O) groups excluding carboxylic acids is 1. The van der Waals surface area contributed by atoms with E-state index >= 15 is 0 Å². The second-order valence-electron chi connectivity index (χ2n) is 8.27. The molecule has 1 saturated heterocycles. The summed E-state index contributed by atoms with van der Waals surface area (Å²) in [5.41, 5.74) is 1.92. The summed E-state index contributed by atoms with van der Waals surface area (Å²) in [4.78, 5) is 32.9. The minimum Gasteiger partial charge on any atom is -0.379 e. The third-order valence-corrected chi connectivity index (χ3v) is 7.08. The first-order valence-electron chi connectivity index (χ1n) is 11.4. The first-order valence-corrected chi connectivity index (χ1v) is 12.3. The monoisotopic (exact) mass is 476 g/mol. The zero-order valence-electron chi connectivity index (χ0n) is 19.6. The van der Waals surface area contributed by atoms with Gasteiger partial charge >= 0.3 is 0 Å². The number of rotatable bonds is 10. The van der Waals surface area contributed by atoms with Crippen molar-refractivity contribution >= 4 is 17.7 Å². The summed E-state index contributed by atoms with van der Waals surface area (Å²) in [6, 6.07) is 6.13. The molecule has 0 bridgehead atoms. The molecule has 1 unspecified atom stereocenters. The van der Waals surface area contributed by atoms with Crippen molar-refractivity contribution in [2.45, 2.75) is 43.5 Å². The average molecular weight is 477 g/mol. The molecule has 3 rings (SSSR count). The summed E-state index contributed by atoms with van der Waals surface area (Å²) in [7, 11) is 1.69. The topological polar surface area (TPSA) is 76.5 Å². The van der Waals surface area contributed by atoms with Gasteiger partial charge in [-0.05, 0) is 31.0 Å². The van der Waals surface area contributed by atoms with Gasteiger partial charge in [0.05, 0.1) is 18.5 Å². The molecule has 180 valence electrons. The number of carbonyl (C=O) groups is 1. The van der Waals surface area contributed by atoms with Crippen LogP contribution in [0.5, 0.6) is 0 Å². The number of halogens is 1. The number of hydrogen-bond donors (Lipinski definition) is 1. The summed E-state index contributed by atoms with van der Waals surface area (Å²) >= 11 is 1.34. The van der Waals surface area contributed by atoms with Gasteiger partial charge in [0.1, 0.15) is 5.82 Å². The Balaban J connectivity index is 1.67. The minimum atomic E-state index is -0.319. The number of thioether (sulfide) groups is 1. The molecule has 2 aromatic rings. The van der Waals surface area contributed by atoms with Gasteiger partial charge in [-0.25, -0.2) is 9.37 Å². The van der Waals surface area contributed by atoms with E-state index in [1.807, 2.05) is 13.8 Å². The number of nitrogens with one attached hydrogen (secondary N) is 1. The van der Waals surface area contributed by atoms with Gasteiger partial charge in [-0.3, -0.25) is 19.1 Å². The first kappa shape index (κ1) is 25.4. The van der Waals surface area contributed by atoms with Gasteiger partial charge in [-0.1, -0.05) is 37.2 Å². The van der Waals surface area contributed by atoms with Crippen LogP contribution in [0.3, 0.4) is 0 Å². The van der Waals surface area contributed by atoms with E-state index in [1.54, 1.807) is 19.2 Å². The van der Waals surface area contributed by atoms with E-state index in [2.05, 4.69) is 15.2 Å². The first-order chi connectivity index (χ1) is 15.9. The highest BCUT2D eigenvalue weighted by molar-refractivity contribution is 8.00. The van der Waals surface area contributed by atoms with Crippen molar-refractivity contribution in [3.63, 3.8) is 0 Å². The van der Waals surface area contributed by atoms with Gasteiger partial charge < -0.3 is 10.1 Å². The highest BCUT2D eigenvalue weighted by Gasteiger charge is 2.23. The Labute approximate surface area is 198 Å². The molecular formula is C24H33FN4O3S. The third kappa shape index (κ3) is 7.12. The number of nitrogens with zero attached hydrogens (tertiary/aromatic N) is 3. The van der Waals surface area contributed by atoms with E-state index in [9.17, 15) is 14.0 Å². The molecule has 1 aliphatic rings. The zero-order chi connectivity index (χ0) is 23.8. The summed E-state index contributed by atoms with van der Waals surface area (Å²) < 4.78 is 20.1. The number of morpholine rings is 1. The van der Waals surface area contributed by atoms with Crippen molar-refractivity contribution in [2.24, 2.45) is 7.05 Å². The molecule has 2 heterocycles. The number of aromatic nitrogens is 2. The fourth-order valence-electron chi connectivity index (χ4n) is 3.75. The van der Waals surface area contributed by atoms with Crippen LogP contribution in [-0.4, -0.2) is 65.0 Å². The molecule has 33 heavy (non-hydrogen) atoms. The molecule has 7 nitrogen and oxygen atoms in total. The van der Waals surface area contributed by atoms with Crippen molar-refractivity contribution in [1.29, 1.82) is 0 Å². The van der Waals surface area contributed by atoms with E-state index in [1.165, 1.54) is 28.5 Å². The zero-order valence-corrected chi connectivity index (χ0v) is 20.4. The van der Waals surface area contributed by atoms with E-state index in [4.69, 9.17) is 4.74 Å². The molecular weight excluding hydrogens is 443 g/mol. The van der Waals surface area contributed by atoms with Crippen LogP contribution in [0.15, 0.2) is 34.2 Å². The maximum absolute atomic E-state index is 13.2. The predicted octanol–water partition coefficient (Wildman–Crippen LogP) is 2.53. The lowest BCUT2D eigenvalue weighted by atomic mass is 10.1. The highest BCUT2D eigenvalue weighted by Crippen LogP contribution is 2.25. The molecule has 1 aromatic carbocycles. The molecule has 0 aliphatic carbocycles. The normalized spacial score (nSPS) is 15.4. The van der Waals surface area contributed by atoms with Crippen molar-refractivity contribution < 1.29 is 13.9 Å². The number of hydrogen-bond acceptors (Lipinski definition) is 6. The summed E-state index contributed by atoms with van der Waals surface area (Å²) in [6.45, 7) is 8.47. The molecule has 1 atom stereocenters. The van der Waals surface area contributed by atoms with Gasteiger partial charge in [0.2, 0.25) is 5.91 Å². The number of aryl methyl sites for hydroxylation is 1. The lowest BCUT2D eigenvalue weighted by molar-refractivity contribution is -0.120. The van der Waals surface area contributed by atoms with Crippen LogP contribution in [0.2, 0.25) is 0 Å². The van der Waals surface area contributed by atoms with E-state index in [0.29, 0.717) is 35.8 Å². The van der Waals surface area contributed by atoms with Crippen LogP contribution < -0.4 is 10.9 Å². The SMILES string of the molecule is CCCC(Sc1nc(C)c(Cc2ccc(F)cc2)c(=O)n1C)C(=O)NCCN1CCOCC1. The van der Waals surface area contributed by atoms with E-state index < -0.39 is 0 Å². The van der Waals surface area contributed by atoms with Crippen LogP contribution in [0.4, 0.5) is 4.39 Å². The van der Waals surface area contributed by atoms with Crippen molar-refractivity contribution in [3.05, 3.63) is 57.3 Å². The fraction of sp³-hybridized carbons (Fsp3) is 0.542. The molecule has 0 spiro atoms. The van der Waals surface area contributed by atoms with Gasteiger partial charge in [0.25, 0.3) is 5.56 Å². The Morgan fingerprint density at radius 2 is 1.97 bits per heavy atom.